The van der Waals surface area contributed by atoms with Crippen molar-refractivity contribution in [2.24, 2.45) is 11.1 Å². The van der Waals surface area contributed by atoms with Crippen LogP contribution >= 0.6 is 111 Å². The van der Waals surface area contributed by atoms with Gasteiger partial charge in [0.2, 0.25) is 15.4 Å². The van der Waals surface area contributed by atoms with Crippen molar-refractivity contribution in [2.75, 3.05) is 11.5 Å². The summed E-state index contributed by atoms with van der Waals surface area (Å²) in [6.45, 7) is 0.193. The number of carbonyl (C=O) groups excluding carboxylic acids is 4. The molecule has 1 aliphatic carbocycles. The minimum Gasteiger partial charge on any atom is -0.759 e. The number of nitrogens with two attached hydrogens (primary N) is 3. The van der Waals surface area contributed by atoms with Crippen molar-refractivity contribution in [1.29, 1.82) is 0 Å². The van der Waals surface area contributed by atoms with Crippen molar-refractivity contribution in [1.82, 2.24) is 0 Å². The van der Waals surface area contributed by atoms with Gasteiger partial charge in [-0.05, 0) is 112 Å². The standard InChI is InChI=1S/C9H7BrFNO2.C9H4BrFO2.C7H5BrFNO2.C6H5BrFN.C2H3Cl3O2.ClH.H3NO.2Na.2H2O4S/c10-8-3-1-2-6(9(8)11)4-7(13)5-12-14;10-6-2-1-4-5(8(6)11)3-7(12)9(4)13;8-4-1-2-5(12-3-11)7(10)6(4)9;7-4-2-1-3-5(9)6(4)8;3-2(4,5)1(6)7;;1-2;;;2*1-5(2,3)4/h1-3,5,14H,4H2;1-2H,3H2;1-3H,10H2;1-3H,9H2;1,6-7H;1H;2H,1H2;;;2*(H2,1,2,3,4)/q;;;;;;;2*+1;;/p-2/b12-5+;;;;;;;;;;. The van der Waals surface area contributed by atoms with Crippen LogP contribution in [0.3, 0.4) is 0 Å². The molecule has 0 saturated carbocycles. The Morgan fingerprint density at radius 2 is 1.20 bits per heavy atom. The van der Waals surface area contributed by atoms with Crippen LogP contribution in [-0.4, -0.2) is 95.8 Å². The van der Waals surface area contributed by atoms with Crippen molar-refractivity contribution in [3.63, 3.8) is 0 Å². The van der Waals surface area contributed by atoms with Gasteiger partial charge in [0.25, 0.3) is 6.47 Å². The van der Waals surface area contributed by atoms with Crippen molar-refractivity contribution in [2.45, 2.75) is 22.9 Å². The first-order chi connectivity index (χ1) is 30.6. The zero-order chi connectivity index (χ0) is 53.2. The Morgan fingerprint density at radius 1 is 0.800 bits per heavy atom. The number of fused-ring (bicyclic) bond motifs is 1. The second kappa shape index (κ2) is 40.2. The van der Waals surface area contributed by atoms with Gasteiger partial charge < -0.3 is 45.9 Å². The van der Waals surface area contributed by atoms with Crippen LogP contribution in [-0.2, 0) is 48.0 Å². The van der Waals surface area contributed by atoms with E-state index >= 15 is 0 Å². The number of oxime groups is 1. The molecule has 4 aromatic carbocycles. The van der Waals surface area contributed by atoms with Crippen molar-refractivity contribution < 1.29 is 156 Å². The number of benzene rings is 4. The third kappa shape index (κ3) is 36.7. The Labute approximate surface area is 493 Å². The normalized spacial score (nSPS) is 10.8. The Kier molecular flexibility index (Phi) is 46.0. The Hall–Kier alpha value is -1.19. The molecule has 21 nitrogen and oxygen atoms in total. The van der Waals surface area contributed by atoms with E-state index in [1.54, 1.807) is 24.3 Å². The molecular weight excluding hydrogens is 1370 g/mol. The molecule has 0 saturated heterocycles. The molecule has 0 spiro atoms. The van der Waals surface area contributed by atoms with Gasteiger partial charge in [-0.15, -0.1) is 12.4 Å². The summed E-state index contributed by atoms with van der Waals surface area (Å²) in [5.74, 6) is -0.0423. The van der Waals surface area contributed by atoms with Gasteiger partial charge in [-0.2, -0.15) is 8.42 Å². The van der Waals surface area contributed by atoms with Gasteiger partial charge in [0.05, 0.1) is 23.6 Å². The van der Waals surface area contributed by atoms with Crippen LogP contribution in [0, 0.1) is 23.3 Å². The Bertz CT molecular complexity index is 2510. The van der Waals surface area contributed by atoms with E-state index in [0.717, 1.165) is 6.21 Å². The summed E-state index contributed by atoms with van der Waals surface area (Å²) in [4.78, 5) is 43.0. The molecule has 0 amide bonds. The van der Waals surface area contributed by atoms with Crippen LogP contribution in [0.1, 0.15) is 21.5 Å². The van der Waals surface area contributed by atoms with Crippen LogP contribution in [0.4, 0.5) is 28.9 Å². The molecule has 0 atom stereocenters. The van der Waals surface area contributed by atoms with Crippen molar-refractivity contribution in [3.8, 4) is 5.75 Å². The third-order valence-electron chi connectivity index (χ3n) is 6.17. The predicted octanol–water partition coefficient (Wildman–Crippen LogP) is 0.373. The Morgan fingerprint density at radius 3 is 1.60 bits per heavy atom. The summed E-state index contributed by atoms with van der Waals surface area (Å²) in [6.07, 6.45) is -1.38. The maximum absolute atomic E-state index is 13.3. The van der Waals surface area contributed by atoms with Gasteiger partial charge in [0, 0.05) is 34.4 Å². The number of alkyl halides is 3. The molecule has 382 valence electrons. The van der Waals surface area contributed by atoms with Gasteiger partial charge in [0.1, 0.15) is 23.5 Å². The molecule has 0 unspecified atom stereocenters. The summed E-state index contributed by atoms with van der Waals surface area (Å²) < 4.78 is 121. The van der Waals surface area contributed by atoms with Crippen LogP contribution in [0.25, 0.3) is 0 Å². The number of ketones is 3. The number of aliphatic hydroxyl groups is 2. The van der Waals surface area contributed by atoms with Gasteiger partial charge >= 0.3 is 69.5 Å². The van der Waals surface area contributed by atoms with E-state index in [1.165, 1.54) is 36.4 Å². The smallest absolute Gasteiger partial charge is 0.759 e. The molecule has 37 heteroatoms. The number of carbonyl (C=O) groups is 4. The van der Waals surface area contributed by atoms with E-state index in [-0.39, 0.29) is 134 Å². The molecule has 0 heterocycles. The molecule has 4 aromatic rings. The average molecular weight is 1400 g/mol. The van der Waals surface area contributed by atoms with E-state index < -0.39 is 71.5 Å². The largest absolute Gasteiger partial charge is 1.00 e. The molecule has 0 bridgehead atoms. The van der Waals surface area contributed by atoms with E-state index in [4.69, 9.17) is 102 Å². The SMILES string of the molecule is Cl.NO.Nc1c(OC=O)ccc(Br)c1F.Nc1cccc(Br)c1F.O=C(/C=N/O)Cc1cccc(Br)c1F.O=C1Cc2c(ccc(Br)c2F)C1=O.O=S(=O)(O)O.O=S(=O)([O-])[O-].OC(O)C(Cl)(Cl)Cl.[Na+].[Na+]. The van der Waals surface area contributed by atoms with Crippen molar-refractivity contribution in [3.05, 3.63) is 119 Å². The monoisotopic (exact) mass is 1400 g/mol. The molecule has 0 radical (unpaired) electrons. The fraction of sp³-hybridized carbons (Fsp3) is 0.121. The zero-order valence-corrected chi connectivity index (χ0v) is 49.7. The van der Waals surface area contributed by atoms with E-state index in [2.05, 4.69) is 79.5 Å². The number of ether oxygens (including phenoxy) is 1. The number of nitrogens with zero attached hydrogens (tertiary/aromatic N) is 1. The summed E-state index contributed by atoms with van der Waals surface area (Å²) in [7, 11) is -9.83. The minimum absolute atomic E-state index is 0. The van der Waals surface area contributed by atoms with E-state index in [9.17, 15) is 36.7 Å². The topological polar surface area (TPSA) is 404 Å². The first-order valence-corrected chi connectivity index (χ1v) is 22.9. The molecule has 0 aromatic heterocycles. The fourth-order valence-electron chi connectivity index (χ4n) is 3.58. The van der Waals surface area contributed by atoms with E-state index in [0.29, 0.717) is 8.95 Å². The average Bonchev–Trinajstić information content (AvgIpc) is 3.50. The summed E-state index contributed by atoms with van der Waals surface area (Å²) >= 11 is 26.6. The second-order valence-electron chi connectivity index (χ2n) is 10.8. The summed E-state index contributed by atoms with van der Waals surface area (Å²) in [5.41, 5.74) is 11.2. The van der Waals surface area contributed by atoms with Crippen LogP contribution in [0.2, 0.25) is 0 Å². The molecule has 12 N–H and O–H groups in total. The van der Waals surface area contributed by atoms with Crippen molar-refractivity contribution >= 4 is 173 Å². The van der Waals surface area contributed by atoms with Gasteiger partial charge in [0.15, 0.2) is 29.5 Å². The number of Topliss-reactive ketones (excluding diaryl/α,β-unsaturated/α-hetero) is 3. The summed E-state index contributed by atoms with van der Waals surface area (Å²) in [5, 5.41) is 33.3. The molecule has 70 heavy (non-hydrogen) atoms. The number of rotatable bonds is 5. The van der Waals surface area contributed by atoms with Gasteiger partial charge in [-0.1, -0.05) is 58.2 Å². The van der Waals surface area contributed by atoms with Crippen LogP contribution in [0.15, 0.2) is 83.7 Å². The van der Waals surface area contributed by atoms with Crippen LogP contribution < -0.4 is 81.2 Å². The number of aliphatic hydroxyl groups excluding tert-OH is 1. The van der Waals surface area contributed by atoms with E-state index in [1.807, 2.05) is 0 Å². The quantitative estimate of drug-likeness (QED) is 0.0106. The maximum Gasteiger partial charge on any atom is 1.00 e. The Balaban J connectivity index is -0.000000173. The van der Waals surface area contributed by atoms with Gasteiger partial charge in [-0.3, -0.25) is 36.7 Å². The molecule has 1 aliphatic rings. The minimum atomic E-state index is -5.17. The number of hydrogen-bond acceptors (Lipinski definition) is 19. The zero-order valence-electron chi connectivity index (χ0n) is 34.7. The number of anilines is 2. The first-order valence-electron chi connectivity index (χ1n) is 15.8. The fourth-order valence-corrected chi connectivity index (χ4v) is 5.08. The molecule has 0 aliphatic heterocycles. The first kappa shape index (κ1) is 80.2. The predicted molar refractivity (Wildman–Crippen MR) is 250 cm³/mol. The third-order valence-corrected chi connectivity index (χ3v) is 9.21. The number of hydrogen-bond donors (Lipinski definition) is 9. The van der Waals surface area contributed by atoms with Gasteiger partial charge in [-0.25, -0.2) is 23.5 Å². The maximum atomic E-state index is 13.3. The molecule has 5 rings (SSSR count). The second-order valence-corrected chi connectivity index (χ2v) is 18.3. The summed E-state index contributed by atoms with van der Waals surface area (Å²) in [6, 6.07) is 15.2. The number of halogens is 12. The molecule has 0 fully saturated rings. The molecular formula is C33H30Br4Cl4F4N4Na2O17S2. The van der Waals surface area contributed by atoms with Crippen LogP contribution in [0.5, 0.6) is 5.75 Å². The number of nitrogen functional groups attached to an aromatic ring is 2.